The number of rotatable bonds is 5. The summed E-state index contributed by atoms with van der Waals surface area (Å²) in [6.45, 7) is 0.397. The molecule has 0 aliphatic heterocycles. The number of hydrogen-bond donors (Lipinski definition) is 0. The van der Waals surface area contributed by atoms with Crippen molar-refractivity contribution in [2.75, 3.05) is 14.2 Å². The number of aromatic nitrogens is 1. The van der Waals surface area contributed by atoms with Gasteiger partial charge in [-0.3, -0.25) is 4.79 Å². The van der Waals surface area contributed by atoms with Gasteiger partial charge in [-0.2, -0.15) is 0 Å². The van der Waals surface area contributed by atoms with Crippen LogP contribution in [0.1, 0.15) is 16.1 Å². The molecule has 7 heteroatoms. The minimum atomic E-state index is -0.129. The first-order valence-corrected chi connectivity index (χ1v) is 9.29. The predicted octanol–water partition coefficient (Wildman–Crippen LogP) is 4.81. The van der Waals surface area contributed by atoms with Crippen LogP contribution in [0.2, 0.25) is 5.02 Å². The van der Waals surface area contributed by atoms with Crippen LogP contribution in [0, 0.1) is 0 Å². The summed E-state index contributed by atoms with van der Waals surface area (Å²) in [5.74, 6) is 0.577. The molecule has 0 spiro atoms. The molecule has 0 N–H and O–H groups in total. The number of carbonyl (C=O) groups is 1. The Morgan fingerprint density at radius 1 is 1.33 bits per heavy atom. The summed E-state index contributed by atoms with van der Waals surface area (Å²) in [6, 6.07) is 9.34. The summed E-state index contributed by atoms with van der Waals surface area (Å²) in [6.07, 6.45) is 0. The van der Waals surface area contributed by atoms with Crippen molar-refractivity contribution in [1.29, 1.82) is 0 Å². The maximum Gasteiger partial charge on any atom is 0.273 e. The fourth-order valence-electron chi connectivity index (χ4n) is 2.28. The van der Waals surface area contributed by atoms with Crippen molar-refractivity contribution < 1.29 is 9.53 Å². The summed E-state index contributed by atoms with van der Waals surface area (Å²) in [5, 5.41) is 5.26. The van der Waals surface area contributed by atoms with Gasteiger partial charge >= 0.3 is 0 Å². The highest BCUT2D eigenvalue weighted by Crippen LogP contribution is 2.29. The molecule has 0 bridgehead atoms. The van der Waals surface area contributed by atoms with Crippen molar-refractivity contribution in [2.45, 2.75) is 6.54 Å². The molecule has 24 heavy (non-hydrogen) atoms. The third-order valence-corrected chi connectivity index (χ3v) is 5.57. The molecule has 4 nitrogen and oxygen atoms in total. The second kappa shape index (κ2) is 7.34. The summed E-state index contributed by atoms with van der Waals surface area (Å²) >= 11 is 9.13. The maximum atomic E-state index is 12.6. The lowest BCUT2D eigenvalue weighted by atomic mass is 10.2. The Bertz CT molecular complexity index is 846. The van der Waals surface area contributed by atoms with E-state index in [2.05, 4.69) is 4.98 Å². The van der Waals surface area contributed by atoms with Crippen LogP contribution >= 0.6 is 34.3 Å². The van der Waals surface area contributed by atoms with Gasteiger partial charge in [0.1, 0.15) is 16.5 Å². The lowest BCUT2D eigenvalue weighted by Crippen LogP contribution is -2.26. The number of nitrogens with zero attached hydrogens (tertiary/aromatic N) is 2. The van der Waals surface area contributed by atoms with Gasteiger partial charge in [0.25, 0.3) is 5.91 Å². The second-order valence-corrected chi connectivity index (χ2v) is 7.37. The number of ether oxygens (including phenoxy) is 1. The van der Waals surface area contributed by atoms with Gasteiger partial charge in [0.05, 0.1) is 12.0 Å². The zero-order valence-corrected chi connectivity index (χ0v) is 15.5. The zero-order chi connectivity index (χ0) is 17.1. The standard InChI is InChI=1S/C17H15ClN2O2S2/c1-20(9-11-8-12(18)5-6-14(11)22-2)17(21)13-10-24-16(19-13)15-4-3-7-23-15/h3-8,10H,9H2,1-2H3. The Morgan fingerprint density at radius 2 is 2.17 bits per heavy atom. The molecular weight excluding hydrogens is 364 g/mol. The molecule has 0 aliphatic rings. The molecule has 0 fully saturated rings. The average Bonchev–Trinajstić information content (AvgIpc) is 3.25. The van der Waals surface area contributed by atoms with Gasteiger partial charge in [0.15, 0.2) is 0 Å². The number of benzene rings is 1. The van der Waals surface area contributed by atoms with Gasteiger partial charge in [-0.25, -0.2) is 4.98 Å². The Labute approximate surface area is 153 Å². The normalized spacial score (nSPS) is 10.6. The van der Waals surface area contributed by atoms with Gasteiger partial charge in [-0.15, -0.1) is 22.7 Å². The third-order valence-electron chi connectivity index (χ3n) is 3.45. The van der Waals surface area contributed by atoms with Crippen molar-refractivity contribution in [3.8, 4) is 15.6 Å². The summed E-state index contributed by atoms with van der Waals surface area (Å²) in [5.41, 5.74) is 1.31. The van der Waals surface area contributed by atoms with E-state index in [4.69, 9.17) is 16.3 Å². The van der Waals surface area contributed by atoms with Crippen LogP contribution in [0.25, 0.3) is 9.88 Å². The molecule has 3 rings (SSSR count). The molecule has 0 saturated carbocycles. The van der Waals surface area contributed by atoms with E-state index in [1.807, 2.05) is 23.6 Å². The topological polar surface area (TPSA) is 42.4 Å². The molecule has 2 heterocycles. The minimum Gasteiger partial charge on any atom is -0.496 e. The molecule has 1 aromatic carbocycles. The highest BCUT2D eigenvalue weighted by molar-refractivity contribution is 7.20. The van der Waals surface area contributed by atoms with Crippen LogP contribution in [0.5, 0.6) is 5.75 Å². The van der Waals surface area contributed by atoms with Crippen molar-refractivity contribution in [2.24, 2.45) is 0 Å². The van der Waals surface area contributed by atoms with Crippen LogP contribution in [0.15, 0.2) is 41.1 Å². The number of hydrogen-bond acceptors (Lipinski definition) is 5. The number of amides is 1. The van der Waals surface area contributed by atoms with E-state index >= 15 is 0 Å². The Balaban J connectivity index is 1.77. The van der Waals surface area contributed by atoms with Crippen molar-refractivity contribution in [1.82, 2.24) is 9.88 Å². The molecule has 0 atom stereocenters. The minimum absolute atomic E-state index is 0.129. The van der Waals surface area contributed by atoms with Gasteiger partial charge in [-0.1, -0.05) is 17.7 Å². The van der Waals surface area contributed by atoms with E-state index in [0.717, 1.165) is 15.4 Å². The Kier molecular flexibility index (Phi) is 5.18. The van der Waals surface area contributed by atoms with Crippen molar-refractivity contribution >= 4 is 40.2 Å². The smallest absolute Gasteiger partial charge is 0.273 e. The Morgan fingerprint density at radius 3 is 2.88 bits per heavy atom. The molecule has 1 amide bonds. The monoisotopic (exact) mass is 378 g/mol. The van der Waals surface area contributed by atoms with Gasteiger partial charge < -0.3 is 9.64 Å². The Hall–Kier alpha value is -1.89. The van der Waals surface area contributed by atoms with Crippen molar-refractivity contribution in [3.05, 3.63) is 57.4 Å². The number of halogens is 1. The molecule has 124 valence electrons. The van der Waals surface area contributed by atoms with E-state index in [1.165, 1.54) is 11.3 Å². The molecule has 0 saturated heterocycles. The molecule has 2 aromatic heterocycles. The highest BCUT2D eigenvalue weighted by Gasteiger charge is 2.18. The molecular formula is C17H15ClN2O2S2. The predicted molar refractivity (Wildman–Crippen MR) is 99.2 cm³/mol. The number of thiazole rings is 1. The van der Waals surface area contributed by atoms with Crippen LogP contribution in [-0.4, -0.2) is 29.9 Å². The highest BCUT2D eigenvalue weighted by atomic mass is 35.5. The van der Waals surface area contributed by atoms with E-state index in [9.17, 15) is 4.79 Å². The first-order valence-electron chi connectivity index (χ1n) is 7.15. The summed E-state index contributed by atoms with van der Waals surface area (Å²) < 4.78 is 5.33. The molecule has 3 aromatic rings. The van der Waals surface area contributed by atoms with Gasteiger partial charge in [0, 0.05) is 29.6 Å². The fourth-order valence-corrected chi connectivity index (χ4v) is 4.08. The number of methoxy groups -OCH3 is 1. The average molecular weight is 379 g/mol. The lowest BCUT2D eigenvalue weighted by molar-refractivity contribution is 0.0779. The molecule has 0 unspecified atom stereocenters. The first-order chi connectivity index (χ1) is 11.6. The first kappa shape index (κ1) is 17.0. The number of carbonyl (C=O) groups excluding carboxylic acids is 1. The third kappa shape index (κ3) is 3.61. The quantitative estimate of drug-likeness (QED) is 0.640. The lowest BCUT2D eigenvalue weighted by Gasteiger charge is -2.18. The SMILES string of the molecule is COc1ccc(Cl)cc1CN(C)C(=O)c1csc(-c2cccs2)n1. The molecule has 0 radical (unpaired) electrons. The van der Waals surface area contributed by atoms with Crippen LogP contribution < -0.4 is 4.74 Å². The second-order valence-electron chi connectivity index (χ2n) is 5.13. The summed E-state index contributed by atoms with van der Waals surface area (Å²) in [7, 11) is 3.34. The van der Waals surface area contributed by atoms with Crippen LogP contribution in [0.4, 0.5) is 0 Å². The van der Waals surface area contributed by atoms with Crippen LogP contribution in [0.3, 0.4) is 0 Å². The van der Waals surface area contributed by atoms with E-state index in [0.29, 0.717) is 23.0 Å². The van der Waals surface area contributed by atoms with E-state index in [1.54, 1.807) is 47.9 Å². The summed E-state index contributed by atoms with van der Waals surface area (Å²) in [4.78, 5) is 19.8. The van der Waals surface area contributed by atoms with Gasteiger partial charge in [-0.05, 0) is 29.6 Å². The van der Waals surface area contributed by atoms with E-state index in [-0.39, 0.29) is 5.91 Å². The fraction of sp³-hybridized carbons (Fsp3) is 0.176. The largest absolute Gasteiger partial charge is 0.496 e. The van der Waals surface area contributed by atoms with Gasteiger partial charge in [0.2, 0.25) is 0 Å². The maximum absolute atomic E-state index is 12.6. The van der Waals surface area contributed by atoms with Crippen molar-refractivity contribution in [3.63, 3.8) is 0 Å². The zero-order valence-electron chi connectivity index (χ0n) is 13.2. The number of thiophene rings is 1. The van der Waals surface area contributed by atoms with Crippen LogP contribution in [-0.2, 0) is 6.54 Å². The van der Waals surface area contributed by atoms with E-state index < -0.39 is 0 Å². The molecule has 0 aliphatic carbocycles.